The van der Waals surface area contributed by atoms with Gasteiger partial charge in [0.1, 0.15) is 12.2 Å². The minimum atomic E-state index is -4.64. The maximum Gasteiger partial charge on any atom is 0.416 e. The van der Waals surface area contributed by atoms with Gasteiger partial charge in [-0.2, -0.15) is 13.2 Å². The van der Waals surface area contributed by atoms with Crippen molar-refractivity contribution >= 4 is 17.5 Å². The van der Waals surface area contributed by atoms with E-state index >= 15 is 0 Å². The predicted molar refractivity (Wildman–Crippen MR) is 191 cm³/mol. The maximum atomic E-state index is 14.6. The molecule has 0 unspecified atom stereocenters. The van der Waals surface area contributed by atoms with Gasteiger partial charge in [0.05, 0.1) is 23.2 Å². The van der Waals surface area contributed by atoms with E-state index in [4.69, 9.17) is 0 Å². The number of halogens is 3. The van der Waals surface area contributed by atoms with E-state index in [1.807, 2.05) is 52.9 Å². The van der Waals surface area contributed by atoms with Gasteiger partial charge in [0, 0.05) is 69.8 Å². The fourth-order valence-corrected chi connectivity index (χ4v) is 8.36. The van der Waals surface area contributed by atoms with Crippen molar-refractivity contribution in [1.29, 1.82) is 0 Å². The Balaban J connectivity index is 1.03. The third-order valence-electron chi connectivity index (χ3n) is 10.7. The van der Waals surface area contributed by atoms with Crippen molar-refractivity contribution in [2.45, 2.75) is 69.9 Å². The Kier molecular flexibility index (Phi) is 9.98. The molecule has 2 aliphatic heterocycles. The first-order valence-electron chi connectivity index (χ1n) is 18.0. The number of fused-ring (bicyclic) bond motifs is 1. The number of benzene rings is 2. The molecule has 1 aliphatic carbocycles. The van der Waals surface area contributed by atoms with Gasteiger partial charge >= 0.3 is 6.18 Å². The van der Waals surface area contributed by atoms with Gasteiger partial charge in [-0.25, -0.2) is 0 Å². The van der Waals surface area contributed by atoms with E-state index in [9.17, 15) is 22.8 Å². The SMILES string of the molecule is CC1CC(c2cccc(N3Cc4c(cc(CN5CCC[C@H](NC(=O)/C=C/CN(C)Cc6cn(C)nn6)C5)cc4C(F)(F)F)C3=O)c2)(c2nncn2C)C1. The largest absolute Gasteiger partial charge is 0.416 e. The maximum absolute atomic E-state index is 14.6. The molecule has 2 aromatic carbocycles. The molecule has 12 nitrogen and oxygen atoms in total. The number of nitrogens with one attached hydrogen (secondary N) is 1. The van der Waals surface area contributed by atoms with Crippen LogP contribution in [0, 0.1) is 5.92 Å². The van der Waals surface area contributed by atoms with E-state index in [1.165, 1.54) is 17.0 Å². The lowest BCUT2D eigenvalue weighted by Crippen LogP contribution is -2.47. The van der Waals surface area contributed by atoms with Crippen LogP contribution in [0.25, 0.3) is 0 Å². The van der Waals surface area contributed by atoms with E-state index in [0.29, 0.717) is 43.3 Å². The monoisotopic (exact) mass is 730 g/mol. The summed E-state index contributed by atoms with van der Waals surface area (Å²) in [6, 6.07) is 10.2. The smallest absolute Gasteiger partial charge is 0.349 e. The Hall–Kier alpha value is -4.89. The van der Waals surface area contributed by atoms with Crippen LogP contribution in [0.4, 0.5) is 18.9 Å². The molecule has 3 aliphatic rings. The van der Waals surface area contributed by atoms with Crippen molar-refractivity contribution < 1.29 is 22.8 Å². The van der Waals surface area contributed by atoms with Crippen LogP contribution in [0.2, 0.25) is 0 Å². The molecule has 53 heavy (non-hydrogen) atoms. The van der Waals surface area contributed by atoms with Crippen LogP contribution < -0.4 is 10.2 Å². The Bertz CT molecular complexity index is 2010. The van der Waals surface area contributed by atoms with Crippen molar-refractivity contribution in [2.75, 3.05) is 31.6 Å². The summed E-state index contributed by atoms with van der Waals surface area (Å²) >= 11 is 0. The molecule has 0 radical (unpaired) electrons. The molecule has 15 heteroatoms. The van der Waals surface area contributed by atoms with E-state index in [-0.39, 0.29) is 41.6 Å². The number of aromatic nitrogens is 6. The lowest BCUT2D eigenvalue weighted by atomic mass is 9.58. The number of nitrogens with zero attached hydrogens (tertiary/aromatic N) is 9. The molecule has 1 saturated carbocycles. The number of amides is 2. The van der Waals surface area contributed by atoms with Gasteiger partial charge in [0.2, 0.25) is 5.91 Å². The second-order valence-corrected chi connectivity index (χ2v) is 15.0. The number of carbonyl (C=O) groups excluding carboxylic acids is 2. The Morgan fingerprint density at radius 2 is 1.96 bits per heavy atom. The molecular formula is C38H45F3N10O2. The number of likely N-dealkylation sites (tertiary alicyclic amines) is 1. The lowest BCUT2D eigenvalue weighted by molar-refractivity contribution is -0.138. The molecule has 1 atom stereocenters. The van der Waals surface area contributed by atoms with E-state index in [1.54, 1.807) is 36.3 Å². The van der Waals surface area contributed by atoms with Crippen molar-refractivity contribution in [3.05, 3.63) is 100 Å². The zero-order valence-electron chi connectivity index (χ0n) is 30.5. The standard InChI is InChI=1S/C38H45F3N10O2/c1-25-17-37(18-25,36-45-42-24-48(36)3)27-8-5-10-30(16-27)51-23-32-31(35(51)53)14-26(15-33(32)38(39,40)41)19-50-13-6-9-28(22-50)43-34(52)11-7-12-47(2)20-29-21-49(4)46-44-29/h5,7-8,10-11,14-16,21,24-25,28H,6,9,12-13,17-20,22-23H2,1-4H3,(H,43,52)/b11-7+/t25?,28-,37?/m0/s1. The molecule has 1 saturated heterocycles. The highest BCUT2D eigenvalue weighted by molar-refractivity contribution is 6.10. The van der Waals surface area contributed by atoms with Gasteiger partial charge in [0.15, 0.2) is 0 Å². The van der Waals surface area contributed by atoms with Crippen molar-refractivity contribution in [2.24, 2.45) is 20.0 Å². The van der Waals surface area contributed by atoms with Gasteiger partial charge in [-0.3, -0.25) is 24.1 Å². The molecule has 2 aromatic heterocycles. The molecule has 2 fully saturated rings. The number of piperidine rings is 1. The Morgan fingerprint density at radius 1 is 1.15 bits per heavy atom. The average Bonchev–Trinajstić information content (AvgIpc) is 3.80. The third-order valence-corrected chi connectivity index (χ3v) is 10.7. The summed E-state index contributed by atoms with van der Waals surface area (Å²) in [6.07, 6.45) is 5.45. The molecule has 4 aromatic rings. The second-order valence-electron chi connectivity index (χ2n) is 15.0. The number of hydrogen-bond acceptors (Lipinski definition) is 8. The first kappa shape index (κ1) is 36.5. The quantitative estimate of drug-likeness (QED) is 0.223. The van der Waals surface area contributed by atoms with Gasteiger partial charge in [-0.05, 0) is 86.1 Å². The fourth-order valence-electron chi connectivity index (χ4n) is 8.36. The highest BCUT2D eigenvalue weighted by Gasteiger charge is 2.48. The van der Waals surface area contributed by atoms with Crippen LogP contribution >= 0.6 is 0 Å². The second kappa shape index (κ2) is 14.5. The molecule has 1 N–H and O–H groups in total. The molecule has 0 spiro atoms. The molecule has 2 amide bonds. The van der Waals surface area contributed by atoms with E-state index in [0.717, 1.165) is 42.8 Å². The van der Waals surface area contributed by atoms with E-state index < -0.39 is 17.6 Å². The minimum absolute atomic E-state index is 0.00477. The molecule has 7 rings (SSSR count). The Morgan fingerprint density at radius 3 is 2.66 bits per heavy atom. The number of likely N-dealkylation sites (N-methyl/N-ethyl adjacent to an activating group) is 1. The summed E-state index contributed by atoms with van der Waals surface area (Å²) in [5.41, 5.74) is 1.70. The van der Waals surface area contributed by atoms with Crippen LogP contribution in [0.3, 0.4) is 0 Å². The number of alkyl halides is 3. The first-order chi connectivity index (χ1) is 25.3. The fraction of sp³-hybridized carbons (Fsp3) is 0.474. The number of anilines is 1. The molecular weight excluding hydrogens is 685 g/mol. The first-order valence-corrected chi connectivity index (χ1v) is 18.0. The van der Waals surface area contributed by atoms with Crippen molar-refractivity contribution in [1.82, 2.24) is 44.9 Å². The van der Waals surface area contributed by atoms with Gasteiger partial charge in [0.25, 0.3) is 5.91 Å². The van der Waals surface area contributed by atoms with Crippen molar-refractivity contribution in [3.63, 3.8) is 0 Å². The minimum Gasteiger partial charge on any atom is -0.349 e. The zero-order chi connectivity index (χ0) is 37.5. The normalized spacial score (nSPS) is 22.1. The van der Waals surface area contributed by atoms with Crippen molar-refractivity contribution in [3.8, 4) is 0 Å². The van der Waals surface area contributed by atoms with Gasteiger partial charge in [-0.1, -0.05) is 30.3 Å². The Labute approximate surface area is 306 Å². The van der Waals surface area contributed by atoms with Crippen LogP contribution in [0.5, 0.6) is 0 Å². The number of rotatable bonds is 11. The summed E-state index contributed by atoms with van der Waals surface area (Å²) in [7, 11) is 5.64. The number of aryl methyl sites for hydroxylation is 2. The number of hydrogen-bond donors (Lipinski definition) is 1. The highest BCUT2D eigenvalue weighted by atomic mass is 19.4. The topological polar surface area (TPSA) is 117 Å². The summed E-state index contributed by atoms with van der Waals surface area (Å²) < 4.78 is 47.4. The lowest BCUT2D eigenvalue weighted by Gasteiger charge is -2.46. The highest BCUT2D eigenvalue weighted by Crippen LogP contribution is 2.52. The zero-order valence-corrected chi connectivity index (χ0v) is 30.5. The predicted octanol–water partition coefficient (Wildman–Crippen LogP) is 4.61. The van der Waals surface area contributed by atoms with Crippen LogP contribution in [-0.4, -0.2) is 84.1 Å². The van der Waals surface area contributed by atoms with Crippen LogP contribution in [0.1, 0.15) is 76.7 Å². The molecule has 0 bridgehead atoms. The van der Waals surface area contributed by atoms with Gasteiger partial charge < -0.3 is 14.8 Å². The van der Waals surface area contributed by atoms with Crippen LogP contribution in [-0.2, 0) is 50.1 Å². The molecule has 4 heterocycles. The summed E-state index contributed by atoms with van der Waals surface area (Å²) in [5.74, 6) is 0.646. The number of carbonyl (C=O) groups is 2. The van der Waals surface area contributed by atoms with E-state index in [2.05, 4.69) is 32.7 Å². The molecule has 280 valence electrons. The summed E-state index contributed by atoms with van der Waals surface area (Å²) in [4.78, 5) is 32.2. The van der Waals surface area contributed by atoms with Gasteiger partial charge in [-0.15, -0.1) is 15.3 Å². The summed E-state index contributed by atoms with van der Waals surface area (Å²) in [6.45, 7) is 4.55. The van der Waals surface area contributed by atoms with Crippen LogP contribution in [0.15, 0.2) is 61.1 Å². The average molecular weight is 731 g/mol. The summed E-state index contributed by atoms with van der Waals surface area (Å²) in [5, 5.41) is 19.6. The third kappa shape index (κ3) is 7.63.